The molecule has 1 amide bonds. The minimum atomic E-state index is -0.714. The van der Waals surface area contributed by atoms with Crippen molar-refractivity contribution in [3.63, 3.8) is 0 Å². The standard InChI is InChI=1S/C19H19ClFN3O2.ClH/c1-24-10-8-12(9-11-24)18(25)15-6-3-7-16(22-15)23-19(26)17-13(20)4-2-5-14(17)21;/h2-7,12H,8-11H2,1H3,(H,22,23,26);1H. The van der Waals surface area contributed by atoms with Gasteiger partial charge in [-0.15, -0.1) is 12.4 Å². The summed E-state index contributed by atoms with van der Waals surface area (Å²) in [5.74, 6) is -1.32. The summed E-state index contributed by atoms with van der Waals surface area (Å²) in [5, 5.41) is 2.53. The molecule has 8 heteroatoms. The van der Waals surface area contributed by atoms with Crippen molar-refractivity contribution in [3.8, 4) is 0 Å². The zero-order chi connectivity index (χ0) is 18.7. The number of pyridine rings is 1. The second kappa shape index (κ2) is 9.26. The number of benzene rings is 1. The number of aromatic nitrogens is 1. The van der Waals surface area contributed by atoms with Crippen LogP contribution in [0.25, 0.3) is 0 Å². The van der Waals surface area contributed by atoms with Crippen LogP contribution in [0, 0.1) is 11.7 Å². The minimum absolute atomic E-state index is 0. The number of halogens is 3. The Hall–Kier alpha value is -2.02. The van der Waals surface area contributed by atoms with E-state index in [-0.39, 0.29) is 40.5 Å². The minimum Gasteiger partial charge on any atom is -0.306 e. The van der Waals surface area contributed by atoms with Gasteiger partial charge in [-0.1, -0.05) is 23.7 Å². The number of ketones is 1. The summed E-state index contributed by atoms with van der Waals surface area (Å²) in [6, 6.07) is 8.85. The van der Waals surface area contributed by atoms with Gasteiger partial charge in [-0.2, -0.15) is 0 Å². The number of nitrogens with zero attached hydrogens (tertiary/aromatic N) is 2. The number of likely N-dealkylation sites (tertiary alicyclic amines) is 1. The quantitative estimate of drug-likeness (QED) is 0.770. The van der Waals surface area contributed by atoms with Crippen LogP contribution in [0.1, 0.15) is 33.7 Å². The highest BCUT2D eigenvalue weighted by Gasteiger charge is 2.25. The molecule has 2 heterocycles. The third kappa shape index (κ3) is 5.03. The largest absolute Gasteiger partial charge is 0.306 e. The Morgan fingerprint density at radius 2 is 1.85 bits per heavy atom. The van der Waals surface area contributed by atoms with Crippen LogP contribution in [-0.2, 0) is 0 Å². The van der Waals surface area contributed by atoms with Crippen LogP contribution in [0.2, 0.25) is 5.02 Å². The Balaban J connectivity index is 0.00000261. The SMILES string of the molecule is CN1CCC(C(=O)c2cccc(NC(=O)c3c(F)cccc3Cl)n2)CC1.Cl. The van der Waals surface area contributed by atoms with Crippen LogP contribution in [0.3, 0.4) is 0 Å². The first-order chi connectivity index (χ1) is 12.5. The summed E-state index contributed by atoms with van der Waals surface area (Å²) in [6.07, 6.45) is 1.58. The van der Waals surface area contributed by atoms with Crippen molar-refractivity contribution in [3.05, 3.63) is 58.5 Å². The van der Waals surface area contributed by atoms with Gasteiger partial charge in [0.1, 0.15) is 17.3 Å². The molecular weight excluding hydrogens is 392 g/mol. The third-order valence-electron chi connectivity index (χ3n) is 4.52. The Bertz CT molecular complexity index is 819. The molecule has 1 aromatic heterocycles. The first-order valence-electron chi connectivity index (χ1n) is 8.41. The average molecular weight is 412 g/mol. The number of piperidine rings is 1. The predicted molar refractivity (Wildman–Crippen MR) is 105 cm³/mol. The van der Waals surface area contributed by atoms with Gasteiger partial charge in [-0.25, -0.2) is 9.37 Å². The molecule has 0 saturated carbocycles. The lowest BCUT2D eigenvalue weighted by molar-refractivity contribution is 0.0851. The van der Waals surface area contributed by atoms with E-state index in [9.17, 15) is 14.0 Å². The molecule has 2 aromatic rings. The fourth-order valence-electron chi connectivity index (χ4n) is 3.02. The number of carbonyl (C=O) groups excluding carboxylic acids is 2. The monoisotopic (exact) mass is 411 g/mol. The Morgan fingerprint density at radius 1 is 1.19 bits per heavy atom. The van der Waals surface area contributed by atoms with E-state index >= 15 is 0 Å². The van der Waals surface area contributed by atoms with Gasteiger partial charge in [0.15, 0.2) is 5.78 Å². The molecule has 0 unspecified atom stereocenters. The molecule has 1 aromatic carbocycles. The van der Waals surface area contributed by atoms with E-state index in [0.29, 0.717) is 5.69 Å². The highest BCUT2D eigenvalue weighted by atomic mass is 35.5. The number of hydrogen-bond donors (Lipinski definition) is 1. The van der Waals surface area contributed by atoms with Gasteiger partial charge in [0.05, 0.1) is 10.6 Å². The number of amides is 1. The van der Waals surface area contributed by atoms with Crippen LogP contribution < -0.4 is 5.32 Å². The molecule has 0 aliphatic carbocycles. The molecule has 0 radical (unpaired) electrons. The molecule has 3 rings (SSSR count). The maximum atomic E-state index is 13.9. The number of Topliss-reactive ketones (excluding diaryl/α,β-unsaturated/α-hetero) is 1. The molecule has 5 nitrogen and oxygen atoms in total. The molecule has 27 heavy (non-hydrogen) atoms. The molecular formula is C19H20Cl2FN3O2. The maximum Gasteiger partial charge on any atom is 0.261 e. The van der Waals surface area contributed by atoms with Crippen molar-refractivity contribution >= 4 is 41.5 Å². The number of rotatable bonds is 4. The zero-order valence-electron chi connectivity index (χ0n) is 14.7. The number of carbonyl (C=O) groups is 2. The summed E-state index contributed by atoms with van der Waals surface area (Å²) >= 11 is 5.91. The highest BCUT2D eigenvalue weighted by molar-refractivity contribution is 6.34. The van der Waals surface area contributed by atoms with E-state index in [1.807, 2.05) is 7.05 Å². The van der Waals surface area contributed by atoms with Crippen molar-refractivity contribution in [2.75, 3.05) is 25.5 Å². The molecule has 1 saturated heterocycles. The van der Waals surface area contributed by atoms with Crippen molar-refractivity contribution in [1.82, 2.24) is 9.88 Å². The summed E-state index contributed by atoms with van der Waals surface area (Å²) in [6.45, 7) is 1.75. The molecule has 0 atom stereocenters. The highest BCUT2D eigenvalue weighted by Crippen LogP contribution is 2.22. The lowest BCUT2D eigenvalue weighted by Gasteiger charge is -2.27. The number of nitrogens with one attached hydrogen (secondary N) is 1. The summed E-state index contributed by atoms with van der Waals surface area (Å²) in [7, 11) is 2.03. The Kier molecular flexibility index (Phi) is 7.30. The zero-order valence-corrected chi connectivity index (χ0v) is 16.3. The van der Waals surface area contributed by atoms with E-state index < -0.39 is 11.7 Å². The van der Waals surface area contributed by atoms with Crippen molar-refractivity contribution in [1.29, 1.82) is 0 Å². The van der Waals surface area contributed by atoms with Gasteiger partial charge in [-0.3, -0.25) is 9.59 Å². The molecule has 0 spiro atoms. The fourth-order valence-corrected chi connectivity index (χ4v) is 3.26. The Labute approximate surface area is 168 Å². The van der Waals surface area contributed by atoms with E-state index in [1.54, 1.807) is 18.2 Å². The normalized spacial score (nSPS) is 15.1. The first kappa shape index (κ1) is 21.3. The predicted octanol–water partition coefficient (Wildman–Crippen LogP) is 4.07. The number of anilines is 1. The molecule has 1 aliphatic heterocycles. The van der Waals surface area contributed by atoms with E-state index in [1.165, 1.54) is 12.1 Å². The fraction of sp³-hybridized carbons (Fsp3) is 0.316. The smallest absolute Gasteiger partial charge is 0.261 e. The van der Waals surface area contributed by atoms with Gasteiger partial charge in [0, 0.05) is 5.92 Å². The van der Waals surface area contributed by atoms with Gasteiger partial charge in [-0.05, 0) is 57.2 Å². The van der Waals surface area contributed by atoms with Crippen molar-refractivity contribution in [2.45, 2.75) is 12.8 Å². The van der Waals surface area contributed by atoms with Crippen LogP contribution in [0.4, 0.5) is 10.2 Å². The lowest BCUT2D eigenvalue weighted by Crippen LogP contribution is -2.33. The second-order valence-corrected chi connectivity index (χ2v) is 6.81. The molecule has 1 aliphatic rings. The van der Waals surface area contributed by atoms with Gasteiger partial charge < -0.3 is 10.2 Å². The lowest BCUT2D eigenvalue weighted by atomic mass is 9.91. The first-order valence-corrected chi connectivity index (χ1v) is 8.78. The summed E-state index contributed by atoms with van der Waals surface area (Å²) in [5.41, 5.74) is 0.0556. The topological polar surface area (TPSA) is 62.3 Å². The van der Waals surface area contributed by atoms with Gasteiger partial charge in [0.2, 0.25) is 0 Å². The summed E-state index contributed by atoms with van der Waals surface area (Å²) in [4.78, 5) is 31.4. The van der Waals surface area contributed by atoms with Crippen LogP contribution in [0.5, 0.6) is 0 Å². The molecule has 1 fully saturated rings. The molecule has 144 valence electrons. The molecule has 1 N–H and O–H groups in total. The van der Waals surface area contributed by atoms with E-state index in [0.717, 1.165) is 32.0 Å². The second-order valence-electron chi connectivity index (χ2n) is 6.40. The van der Waals surface area contributed by atoms with E-state index in [2.05, 4.69) is 15.2 Å². The van der Waals surface area contributed by atoms with Crippen molar-refractivity contribution in [2.24, 2.45) is 5.92 Å². The molecule has 0 bridgehead atoms. The van der Waals surface area contributed by atoms with Crippen LogP contribution in [0.15, 0.2) is 36.4 Å². The summed E-state index contributed by atoms with van der Waals surface area (Å²) < 4.78 is 13.9. The van der Waals surface area contributed by atoms with Gasteiger partial charge >= 0.3 is 0 Å². The maximum absolute atomic E-state index is 13.9. The van der Waals surface area contributed by atoms with Crippen LogP contribution >= 0.6 is 24.0 Å². The average Bonchev–Trinajstić information content (AvgIpc) is 2.62. The van der Waals surface area contributed by atoms with Crippen LogP contribution in [-0.4, -0.2) is 41.7 Å². The van der Waals surface area contributed by atoms with Gasteiger partial charge in [0.25, 0.3) is 5.91 Å². The Morgan fingerprint density at radius 3 is 2.52 bits per heavy atom. The third-order valence-corrected chi connectivity index (χ3v) is 4.84. The van der Waals surface area contributed by atoms with Crippen molar-refractivity contribution < 1.29 is 14.0 Å². The number of hydrogen-bond acceptors (Lipinski definition) is 4. The van der Waals surface area contributed by atoms with E-state index in [4.69, 9.17) is 11.6 Å².